The SMILES string of the molecule is C[C@@H]1CN(S(=O)(=O)c2ccc(Cl)cc2)C[C@H]1C(N)=O. The second kappa shape index (κ2) is 5.11. The first kappa shape index (κ1) is 14.3. The third kappa shape index (κ3) is 2.75. The summed E-state index contributed by atoms with van der Waals surface area (Å²) >= 11 is 5.74. The van der Waals surface area contributed by atoms with E-state index in [9.17, 15) is 13.2 Å². The number of amides is 1. The Morgan fingerprint density at radius 1 is 1.32 bits per heavy atom. The minimum absolute atomic E-state index is 0.0698. The highest BCUT2D eigenvalue weighted by atomic mass is 35.5. The van der Waals surface area contributed by atoms with Crippen LogP contribution in [0.4, 0.5) is 0 Å². The number of sulfonamides is 1. The van der Waals surface area contributed by atoms with Crippen molar-refractivity contribution < 1.29 is 13.2 Å². The summed E-state index contributed by atoms with van der Waals surface area (Å²) in [7, 11) is -3.59. The topological polar surface area (TPSA) is 80.5 Å². The Labute approximate surface area is 117 Å². The van der Waals surface area contributed by atoms with Crippen LogP contribution in [-0.4, -0.2) is 31.7 Å². The molecule has 1 fully saturated rings. The van der Waals surface area contributed by atoms with E-state index < -0.39 is 21.8 Å². The van der Waals surface area contributed by atoms with Gasteiger partial charge in [0.05, 0.1) is 10.8 Å². The molecule has 5 nitrogen and oxygen atoms in total. The number of hydrogen-bond donors (Lipinski definition) is 1. The molecule has 1 aromatic carbocycles. The third-order valence-corrected chi connectivity index (χ3v) is 5.49. The number of benzene rings is 1. The molecule has 1 amide bonds. The van der Waals surface area contributed by atoms with E-state index in [1.165, 1.54) is 28.6 Å². The molecule has 7 heteroatoms. The van der Waals surface area contributed by atoms with Crippen LogP contribution in [0.1, 0.15) is 6.92 Å². The molecule has 1 aromatic rings. The Balaban J connectivity index is 2.27. The highest BCUT2D eigenvalue weighted by Crippen LogP contribution is 2.28. The van der Waals surface area contributed by atoms with E-state index in [-0.39, 0.29) is 17.4 Å². The molecule has 1 aliphatic heterocycles. The number of nitrogens with zero attached hydrogens (tertiary/aromatic N) is 1. The number of nitrogens with two attached hydrogens (primary N) is 1. The van der Waals surface area contributed by atoms with E-state index in [0.717, 1.165) is 0 Å². The van der Waals surface area contributed by atoms with Gasteiger partial charge >= 0.3 is 0 Å². The van der Waals surface area contributed by atoms with Crippen molar-refractivity contribution in [1.82, 2.24) is 4.31 Å². The zero-order valence-electron chi connectivity index (χ0n) is 10.4. The molecular formula is C12H15ClN2O3S. The van der Waals surface area contributed by atoms with Gasteiger partial charge in [-0.05, 0) is 30.2 Å². The summed E-state index contributed by atoms with van der Waals surface area (Å²) in [6.45, 7) is 2.27. The normalized spacial score (nSPS) is 24.5. The van der Waals surface area contributed by atoms with Gasteiger partial charge in [0.15, 0.2) is 0 Å². The summed E-state index contributed by atoms with van der Waals surface area (Å²) in [6.07, 6.45) is 0. The number of carbonyl (C=O) groups excluding carboxylic acids is 1. The average molecular weight is 303 g/mol. The fourth-order valence-electron chi connectivity index (χ4n) is 2.24. The Morgan fingerprint density at radius 3 is 2.37 bits per heavy atom. The maximum atomic E-state index is 12.4. The molecule has 2 rings (SSSR count). The van der Waals surface area contributed by atoms with Crippen LogP contribution in [0.3, 0.4) is 0 Å². The van der Waals surface area contributed by atoms with Crippen molar-refractivity contribution in [1.29, 1.82) is 0 Å². The number of halogens is 1. The Hall–Kier alpha value is -1.11. The van der Waals surface area contributed by atoms with Gasteiger partial charge in [-0.3, -0.25) is 4.79 Å². The molecule has 1 aliphatic rings. The molecule has 0 unspecified atom stereocenters. The zero-order valence-corrected chi connectivity index (χ0v) is 12.0. The van der Waals surface area contributed by atoms with Crippen LogP contribution in [0.25, 0.3) is 0 Å². The Morgan fingerprint density at radius 2 is 1.89 bits per heavy atom. The van der Waals surface area contributed by atoms with Crippen molar-refractivity contribution in [3.05, 3.63) is 29.3 Å². The molecule has 1 heterocycles. The molecule has 2 atom stereocenters. The van der Waals surface area contributed by atoms with Gasteiger partial charge in [0.25, 0.3) is 0 Å². The maximum absolute atomic E-state index is 12.4. The number of carbonyl (C=O) groups is 1. The molecule has 0 spiro atoms. The van der Waals surface area contributed by atoms with Crippen molar-refractivity contribution in [2.24, 2.45) is 17.6 Å². The van der Waals surface area contributed by atoms with Gasteiger partial charge in [-0.1, -0.05) is 18.5 Å². The summed E-state index contributed by atoms with van der Waals surface area (Å²) in [5.41, 5.74) is 5.27. The van der Waals surface area contributed by atoms with Crippen LogP contribution >= 0.6 is 11.6 Å². The molecule has 104 valence electrons. The highest BCUT2D eigenvalue weighted by Gasteiger charge is 2.39. The highest BCUT2D eigenvalue weighted by molar-refractivity contribution is 7.89. The molecule has 0 bridgehead atoms. The molecule has 0 saturated carbocycles. The zero-order chi connectivity index (χ0) is 14.2. The monoisotopic (exact) mass is 302 g/mol. The number of hydrogen-bond acceptors (Lipinski definition) is 3. The lowest BCUT2D eigenvalue weighted by Gasteiger charge is -2.16. The lowest BCUT2D eigenvalue weighted by Crippen LogP contribution is -2.32. The van der Waals surface area contributed by atoms with Crippen molar-refractivity contribution in [3.8, 4) is 0 Å². The van der Waals surface area contributed by atoms with Crippen molar-refractivity contribution in [2.45, 2.75) is 11.8 Å². The third-order valence-electron chi connectivity index (χ3n) is 3.40. The number of primary amides is 1. The van der Waals surface area contributed by atoms with Gasteiger partial charge in [0.1, 0.15) is 0 Å². The van der Waals surface area contributed by atoms with Crippen LogP contribution < -0.4 is 5.73 Å². The maximum Gasteiger partial charge on any atom is 0.243 e. The van der Waals surface area contributed by atoms with E-state index in [4.69, 9.17) is 17.3 Å². The molecule has 1 saturated heterocycles. The van der Waals surface area contributed by atoms with Crippen molar-refractivity contribution in [2.75, 3.05) is 13.1 Å². The minimum Gasteiger partial charge on any atom is -0.369 e. The molecular weight excluding hydrogens is 288 g/mol. The summed E-state index contributed by atoms with van der Waals surface area (Å²) in [4.78, 5) is 11.4. The van der Waals surface area contributed by atoms with Crippen LogP contribution in [0.2, 0.25) is 5.02 Å². The summed E-state index contributed by atoms with van der Waals surface area (Å²) in [6, 6.07) is 5.97. The summed E-state index contributed by atoms with van der Waals surface area (Å²) in [5.74, 6) is -0.956. The fourth-order valence-corrected chi connectivity index (χ4v) is 3.94. The first-order valence-corrected chi connectivity index (χ1v) is 7.69. The van der Waals surface area contributed by atoms with Crippen LogP contribution in [-0.2, 0) is 14.8 Å². The Bertz CT molecular complexity index is 585. The summed E-state index contributed by atoms with van der Waals surface area (Å²) < 4.78 is 26.1. The summed E-state index contributed by atoms with van der Waals surface area (Å²) in [5, 5.41) is 0.476. The lowest BCUT2D eigenvalue weighted by atomic mass is 9.98. The average Bonchev–Trinajstić information content (AvgIpc) is 2.72. The molecule has 2 N–H and O–H groups in total. The van der Waals surface area contributed by atoms with Gasteiger partial charge in [-0.25, -0.2) is 8.42 Å². The molecule has 0 aromatic heterocycles. The molecule has 19 heavy (non-hydrogen) atoms. The molecule has 0 aliphatic carbocycles. The van der Waals surface area contributed by atoms with Gasteiger partial charge in [0.2, 0.25) is 15.9 Å². The lowest BCUT2D eigenvalue weighted by molar-refractivity contribution is -0.122. The van der Waals surface area contributed by atoms with E-state index >= 15 is 0 Å². The second-order valence-electron chi connectivity index (χ2n) is 4.76. The van der Waals surface area contributed by atoms with Gasteiger partial charge < -0.3 is 5.73 Å². The van der Waals surface area contributed by atoms with E-state index in [2.05, 4.69) is 0 Å². The van der Waals surface area contributed by atoms with Crippen molar-refractivity contribution >= 4 is 27.5 Å². The first-order chi connectivity index (χ1) is 8.82. The van der Waals surface area contributed by atoms with Crippen LogP contribution in [0, 0.1) is 11.8 Å². The predicted octanol–water partition coefficient (Wildman–Crippen LogP) is 1.08. The number of rotatable bonds is 3. The quantitative estimate of drug-likeness (QED) is 0.907. The predicted molar refractivity (Wildman–Crippen MR) is 72.1 cm³/mol. The van der Waals surface area contributed by atoms with Gasteiger partial charge in [-0.2, -0.15) is 4.31 Å². The van der Waals surface area contributed by atoms with E-state index in [0.29, 0.717) is 11.6 Å². The van der Waals surface area contributed by atoms with Crippen molar-refractivity contribution in [3.63, 3.8) is 0 Å². The van der Waals surface area contributed by atoms with E-state index in [1.54, 1.807) is 0 Å². The van der Waals surface area contributed by atoms with Gasteiger partial charge in [0, 0.05) is 18.1 Å². The van der Waals surface area contributed by atoms with E-state index in [1.807, 2.05) is 6.92 Å². The smallest absolute Gasteiger partial charge is 0.243 e. The Kier molecular flexibility index (Phi) is 3.85. The first-order valence-electron chi connectivity index (χ1n) is 5.87. The second-order valence-corrected chi connectivity index (χ2v) is 7.14. The van der Waals surface area contributed by atoms with Crippen LogP contribution in [0.5, 0.6) is 0 Å². The largest absolute Gasteiger partial charge is 0.369 e. The molecule has 0 radical (unpaired) electrons. The van der Waals surface area contributed by atoms with Crippen LogP contribution in [0.15, 0.2) is 29.2 Å². The minimum atomic E-state index is -3.59. The fraction of sp³-hybridized carbons (Fsp3) is 0.417. The van der Waals surface area contributed by atoms with Gasteiger partial charge in [-0.15, -0.1) is 0 Å². The standard InChI is InChI=1S/C12H15ClN2O3S/c1-8-6-15(7-11(8)12(14)16)19(17,18)10-4-2-9(13)3-5-10/h2-5,8,11H,6-7H2,1H3,(H2,14,16)/t8-,11-/m1/s1.